The zero-order valence-corrected chi connectivity index (χ0v) is 11.8. The Morgan fingerprint density at radius 2 is 2.30 bits per heavy atom. The average molecular weight is 272 g/mol. The molecule has 0 saturated heterocycles. The van der Waals surface area contributed by atoms with E-state index in [0.29, 0.717) is 11.6 Å². The molecule has 1 atom stereocenters. The molecule has 3 N–H and O–H groups in total. The molecule has 1 aromatic heterocycles. The van der Waals surface area contributed by atoms with Crippen LogP contribution in [0.25, 0.3) is 0 Å². The summed E-state index contributed by atoms with van der Waals surface area (Å²) < 4.78 is 1.90. The summed E-state index contributed by atoms with van der Waals surface area (Å²) in [4.78, 5) is 11.1. The second-order valence-corrected chi connectivity index (χ2v) is 5.02. The first-order valence-corrected chi connectivity index (χ1v) is 6.66. The molecule has 0 radical (unpaired) electrons. The standard InChI is InChI=1S/C15H20N4O/c1-11-8-13(15(16)20)4-5-14(11)9-17-12(2)10-19-7-3-6-18-19/h3-8,12,17H,9-10H2,1-2H3,(H2,16,20). The number of aryl methyl sites for hydroxylation is 1. The van der Waals surface area contributed by atoms with Crippen molar-refractivity contribution < 1.29 is 4.79 Å². The van der Waals surface area contributed by atoms with Gasteiger partial charge in [0, 0.05) is 30.5 Å². The SMILES string of the molecule is Cc1cc(C(N)=O)ccc1CNC(C)Cn1cccn1. The normalized spacial score (nSPS) is 12.3. The molecule has 0 fully saturated rings. The van der Waals surface area contributed by atoms with Crippen LogP contribution in [0.5, 0.6) is 0 Å². The molecule has 0 saturated carbocycles. The summed E-state index contributed by atoms with van der Waals surface area (Å²) in [5.74, 6) is -0.389. The molecule has 1 aromatic carbocycles. The molecule has 0 spiro atoms. The number of carbonyl (C=O) groups is 1. The van der Waals surface area contributed by atoms with Gasteiger partial charge in [-0.15, -0.1) is 0 Å². The Morgan fingerprint density at radius 3 is 2.90 bits per heavy atom. The lowest BCUT2D eigenvalue weighted by atomic mass is 10.0. The number of hydrogen-bond donors (Lipinski definition) is 2. The number of nitrogens with two attached hydrogens (primary N) is 1. The minimum atomic E-state index is -0.389. The van der Waals surface area contributed by atoms with Crippen molar-refractivity contribution in [2.24, 2.45) is 5.73 Å². The lowest BCUT2D eigenvalue weighted by molar-refractivity contribution is 0.1000. The third-order valence-electron chi connectivity index (χ3n) is 3.29. The molecule has 20 heavy (non-hydrogen) atoms. The summed E-state index contributed by atoms with van der Waals surface area (Å²) in [6.45, 7) is 5.69. The molecule has 1 unspecified atom stereocenters. The topological polar surface area (TPSA) is 72.9 Å². The third-order valence-corrected chi connectivity index (χ3v) is 3.29. The van der Waals surface area contributed by atoms with Gasteiger partial charge in [0.2, 0.25) is 5.91 Å². The molecule has 0 bridgehead atoms. The molecule has 1 amide bonds. The highest BCUT2D eigenvalue weighted by atomic mass is 16.1. The number of aromatic nitrogens is 2. The highest BCUT2D eigenvalue weighted by molar-refractivity contribution is 5.93. The number of primary amides is 1. The van der Waals surface area contributed by atoms with Crippen LogP contribution in [0.1, 0.15) is 28.4 Å². The number of rotatable bonds is 6. The fraction of sp³-hybridized carbons (Fsp3) is 0.333. The third kappa shape index (κ3) is 3.68. The highest BCUT2D eigenvalue weighted by Gasteiger charge is 2.06. The maximum atomic E-state index is 11.1. The van der Waals surface area contributed by atoms with Crippen LogP contribution in [0.3, 0.4) is 0 Å². The van der Waals surface area contributed by atoms with E-state index in [1.165, 1.54) is 5.56 Å². The maximum absolute atomic E-state index is 11.1. The first kappa shape index (κ1) is 14.3. The van der Waals surface area contributed by atoms with Crippen molar-refractivity contribution in [2.75, 3.05) is 0 Å². The van der Waals surface area contributed by atoms with E-state index in [1.807, 2.05) is 36.0 Å². The summed E-state index contributed by atoms with van der Waals surface area (Å²) in [5, 5.41) is 7.63. The molecule has 2 aromatic rings. The maximum Gasteiger partial charge on any atom is 0.248 e. The van der Waals surface area contributed by atoms with Gasteiger partial charge in [-0.25, -0.2) is 0 Å². The van der Waals surface area contributed by atoms with Crippen molar-refractivity contribution in [3.63, 3.8) is 0 Å². The Morgan fingerprint density at radius 1 is 1.50 bits per heavy atom. The second kappa shape index (κ2) is 6.34. The van der Waals surface area contributed by atoms with Crippen LogP contribution in [0.4, 0.5) is 0 Å². The van der Waals surface area contributed by atoms with E-state index in [9.17, 15) is 4.79 Å². The Labute approximate surface area is 118 Å². The van der Waals surface area contributed by atoms with Crippen molar-refractivity contribution in [1.29, 1.82) is 0 Å². The van der Waals surface area contributed by atoms with Crippen molar-refractivity contribution in [3.8, 4) is 0 Å². The molecular weight excluding hydrogens is 252 g/mol. The van der Waals surface area contributed by atoms with E-state index in [1.54, 1.807) is 12.3 Å². The van der Waals surface area contributed by atoms with E-state index in [4.69, 9.17) is 5.73 Å². The monoisotopic (exact) mass is 272 g/mol. The molecular formula is C15H20N4O. The summed E-state index contributed by atoms with van der Waals surface area (Å²) in [6, 6.07) is 7.77. The van der Waals surface area contributed by atoms with Gasteiger partial charge >= 0.3 is 0 Å². The Kier molecular flexibility index (Phi) is 4.53. The van der Waals surface area contributed by atoms with E-state index >= 15 is 0 Å². The van der Waals surface area contributed by atoms with Crippen molar-refractivity contribution >= 4 is 5.91 Å². The molecule has 0 aliphatic heterocycles. The number of nitrogens with zero attached hydrogens (tertiary/aromatic N) is 2. The Hall–Kier alpha value is -2.14. The minimum Gasteiger partial charge on any atom is -0.366 e. The van der Waals surface area contributed by atoms with Crippen LogP contribution >= 0.6 is 0 Å². The van der Waals surface area contributed by atoms with Crippen molar-refractivity contribution in [2.45, 2.75) is 33.0 Å². The van der Waals surface area contributed by atoms with E-state index in [2.05, 4.69) is 17.3 Å². The predicted octanol–water partition coefficient (Wildman–Crippen LogP) is 1.47. The van der Waals surface area contributed by atoms with Gasteiger partial charge in [0.15, 0.2) is 0 Å². The van der Waals surface area contributed by atoms with Gasteiger partial charge in [0.05, 0.1) is 6.54 Å². The van der Waals surface area contributed by atoms with Gasteiger partial charge < -0.3 is 11.1 Å². The number of carbonyl (C=O) groups excluding carboxylic acids is 1. The molecule has 0 aliphatic rings. The van der Waals surface area contributed by atoms with Crippen molar-refractivity contribution in [3.05, 3.63) is 53.3 Å². The molecule has 106 valence electrons. The van der Waals surface area contributed by atoms with Gasteiger partial charge in [0.25, 0.3) is 0 Å². The van der Waals surface area contributed by atoms with Gasteiger partial charge in [-0.1, -0.05) is 6.07 Å². The van der Waals surface area contributed by atoms with Crippen LogP contribution in [0.2, 0.25) is 0 Å². The van der Waals surface area contributed by atoms with E-state index in [0.717, 1.165) is 18.7 Å². The van der Waals surface area contributed by atoms with Crippen LogP contribution in [0.15, 0.2) is 36.7 Å². The van der Waals surface area contributed by atoms with Crippen molar-refractivity contribution in [1.82, 2.24) is 15.1 Å². The van der Waals surface area contributed by atoms with E-state index in [-0.39, 0.29) is 5.91 Å². The molecule has 5 nitrogen and oxygen atoms in total. The fourth-order valence-electron chi connectivity index (χ4n) is 2.09. The smallest absolute Gasteiger partial charge is 0.248 e. The van der Waals surface area contributed by atoms with Gasteiger partial charge in [-0.05, 0) is 43.2 Å². The van der Waals surface area contributed by atoms with Crippen LogP contribution in [0, 0.1) is 6.92 Å². The van der Waals surface area contributed by atoms with Crippen LogP contribution < -0.4 is 11.1 Å². The summed E-state index contributed by atoms with van der Waals surface area (Å²) >= 11 is 0. The molecule has 2 rings (SSSR count). The summed E-state index contributed by atoms with van der Waals surface area (Å²) in [5.41, 5.74) is 8.06. The van der Waals surface area contributed by atoms with Gasteiger partial charge in [-0.2, -0.15) is 5.10 Å². The quantitative estimate of drug-likeness (QED) is 0.836. The number of nitrogens with one attached hydrogen (secondary N) is 1. The minimum absolute atomic E-state index is 0.310. The van der Waals surface area contributed by atoms with Crippen LogP contribution in [-0.2, 0) is 13.1 Å². The Bertz CT molecular complexity index is 578. The highest BCUT2D eigenvalue weighted by Crippen LogP contribution is 2.11. The first-order valence-electron chi connectivity index (χ1n) is 6.66. The number of hydrogen-bond acceptors (Lipinski definition) is 3. The van der Waals surface area contributed by atoms with Gasteiger partial charge in [0.1, 0.15) is 0 Å². The molecule has 1 heterocycles. The molecule has 5 heteroatoms. The Balaban J connectivity index is 1.92. The zero-order valence-electron chi connectivity index (χ0n) is 11.8. The number of amides is 1. The van der Waals surface area contributed by atoms with E-state index < -0.39 is 0 Å². The average Bonchev–Trinajstić information content (AvgIpc) is 2.90. The fourth-order valence-corrected chi connectivity index (χ4v) is 2.09. The predicted molar refractivity (Wildman–Crippen MR) is 78.2 cm³/mol. The number of benzene rings is 1. The lowest BCUT2D eigenvalue weighted by Crippen LogP contribution is -2.30. The molecule has 0 aliphatic carbocycles. The summed E-state index contributed by atoms with van der Waals surface area (Å²) in [7, 11) is 0. The summed E-state index contributed by atoms with van der Waals surface area (Å²) in [6.07, 6.45) is 3.73. The zero-order chi connectivity index (χ0) is 14.5. The lowest BCUT2D eigenvalue weighted by Gasteiger charge is -2.15. The first-order chi connectivity index (χ1) is 9.56. The largest absolute Gasteiger partial charge is 0.366 e. The van der Waals surface area contributed by atoms with Gasteiger partial charge in [-0.3, -0.25) is 9.48 Å². The van der Waals surface area contributed by atoms with Crippen LogP contribution in [-0.4, -0.2) is 21.7 Å². The second-order valence-electron chi connectivity index (χ2n) is 5.02.